The van der Waals surface area contributed by atoms with Crippen molar-refractivity contribution in [2.24, 2.45) is 0 Å². The summed E-state index contributed by atoms with van der Waals surface area (Å²) in [5.74, 6) is 0.382. The molecule has 0 aliphatic heterocycles. The molecule has 0 spiro atoms. The van der Waals surface area contributed by atoms with E-state index in [0.717, 1.165) is 10.9 Å². The molecule has 0 saturated heterocycles. The molecule has 0 unspecified atom stereocenters. The van der Waals surface area contributed by atoms with E-state index >= 15 is 0 Å². The van der Waals surface area contributed by atoms with Crippen LogP contribution in [0.1, 0.15) is 12.5 Å². The van der Waals surface area contributed by atoms with Gasteiger partial charge in [0.25, 0.3) is 5.91 Å². The molecule has 0 fully saturated rings. The second-order valence-corrected chi connectivity index (χ2v) is 5.39. The third-order valence-corrected chi connectivity index (χ3v) is 3.60. The topological polar surface area (TPSA) is 64.1 Å². The normalized spacial score (nSPS) is 10.2. The highest BCUT2D eigenvalue weighted by molar-refractivity contribution is 9.10. The summed E-state index contributed by atoms with van der Waals surface area (Å²) in [6.45, 7) is 2.02. The molecule has 0 saturated carbocycles. The molecular weight excluding hydrogens is 330 g/mol. The van der Waals surface area contributed by atoms with Crippen molar-refractivity contribution in [1.82, 2.24) is 10.2 Å². The maximum atomic E-state index is 11.6. The van der Waals surface area contributed by atoms with Crippen LogP contribution in [-0.2, 0) is 11.2 Å². The summed E-state index contributed by atoms with van der Waals surface area (Å²) in [6.07, 6.45) is 0.955. The lowest BCUT2D eigenvalue weighted by Crippen LogP contribution is -2.20. The number of nitrogens with zero attached hydrogens (tertiary/aromatic N) is 2. The Balaban J connectivity index is 1.90. The van der Waals surface area contributed by atoms with E-state index in [9.17, 15) is 4.79 Å². The number of carbonyl (C=O) groups is 1. The number of benzene rings is 1. The Labute approximate surface area is 123 Å². The highest BCUT2D eigenvalue weighted by atomic mass is 79.9. The lowest BCUT2D eigenvalue weighted by atomic mass is 10.2. The molecule has 1 aromatic heterocycles. The van der Waals surface area contributed by atoms with Crippen molar-refractivity contribution < 1.29 is 9.53 Å². The smallest absolute Gasteiger partial charge is 0.264 e. The molecule has 5 nitrogen and oxygen atoms in total. The number of nitrogens with one attached hydrogen (secondary N) is 1. The Morgan fingerprint density at radius 1 is 1.53 bits per heavy atom. The van der Waals surface area contributed by atoms with Crippen LogP contribution in [-0.4, -0.2) is 22.7 Å². The Bertz CT molecular complexity index is 560. The number of amides is 1. The summed E-state index contributed by atoms with van der Waals surface area (Å²) in [4.78, 5) is 11.6. The number of halogens is 1. The molecule has 19 heavy (non-hydrogen) atoms. The number of hydrogen-bond acceptors (Lipinski definition) is 5. The number of anilines is 1. The van der Waals surface area contributed by atoms with Crippen LogP contribution in [0.2, 0.25) is 0 Å². The SMILES string of the molecule is CCc1ccc(OCC(=O)Nc2nncs2)c(Br)c1. The van der Waals surface area contributed by atoms with Gasteiger partial charge in [-0.3, -0.25) is 10.1 Å². The van der Waals surface area contributed by atoms with Crippen molar-refractivity contribution in [1.29, 1.82) is 0 Å². The van der Waals surface area contributed by atoms with Gasteiger partial charge in [-0.15, -0.1) is 10.2 Å². The largest absolute Gasteiger partial charge is 0.483 e. The standard InChI is InChI=1S/C12H12BrN3O2S/c1-2-8-3-4-10(9(13)5-8)18-6-11(17)15-12-16-14-7-19-12/h3-5,7H,2,6H2,1H3,(H,15,16,17). The molecule has 2 rings (SSSR count). The van der Waals surface area contributed by atoms with Gasteiger partial charge in [0, 0.05) is 0 Å². The molecule has 0 aliphatic rings. The van der Waals surface area contributed by atoms with Gasteiger partial charge in [-0.05, 0) is 40.0 Å². The van der Waals surface area contributed by atoms with Gasteiger partial charge in [-0.1, -0.05) is 24.3 Å². The summed E-state index contributed by atoms with van der Waals surface area (Å²) in [5, 5.41) is 10.4. The second-order valence-electron chi connectivity index (χ2n) is 3.70. The quantitative estimate of drug-likeness (QED) is 0.908. The van der Waals surface area contributed by atoms with Crippen LogP contribution in [0.15, 0.2) is 28.2 Å². The van der Waals surface area contributed by atoms with Crippen molar-refractivity contribution >= 4 is 38.3 Å². The molecular formula is C12H12BrN3O2S. The van der Waals surface area contributed by atoms with Crippen LogP contribution < -0.4 is 10.1 Å². The fourth-order valence-corrected chi connectivity index (χ4v) is 2.41. The van der Waals surface area contributed by atoms with Gasteiger partial charge >= 0.3 is 0 Å². The summed E-state index contributed by atoms with van der Waals surface area (Å²) in [5.41, 5.74) is 2.76. The number of rotatable bonds is 5. The van der Waals surface area contributed by atoms with Crippen molar-refractivity contribution in [3.05, 3.63) is 33.7 Å². The Hall–Kier alpha value is -1.47. The minimum Gasteiger partial charge on any atom is -0.483 e. The number of aromatic nitrogens is 2. The molecule has 2 aromatic rings. The van der Waals surface area contributed by atoms with Gasteiger partial charge in [0.15, 0.2) is 6.61 Å². The van der Waals surface area contributed by atoms with Crippen LogP contribution in [0.4, 0.5) is 5.13 Å². The summed E-state index contributed by atoms with van der Waals surface area (Å²) in [7, 11) is 0. The molecule has 1 aromatic carbocycles. The van der Waals surface area contributed by atoms with Gasteiger partial charge in [0.2, 0.25) is 5.13 Å². The second kappa shape index (κ2) is 6.63. The molecule has 1 amide bonds. The lowest BCUT2D eigenvalue weighted by Gasteiger charge is -2.08. The number of carbonyl (C=O) groups excluding carboxylic acids is 1. The zero-order valence-corrected chi connectivity index (χ0v) is 12.6. The predicted molar refractivity (Wildman–Crippen MR) is 77.6 cm³/mol. The Kier molecular flexibility index (Phi) is 4.86. The molecule has 0 radical (unpaired) electrons. The van der Waals surface area contributed by atoms with Gasteiger partial charge in [0.1, 0.15) is 11.3 Å². The van der Waals surface area contributed by atoms with E-state index in [1.54, 1.807) is 5.51 Å². The average molecular weight is 342 g/mol. The first-order valence-corrected chi connectivity index (χ1v) is 7.33. The van der Waals surface area contributed by atoms with Crippen molar-refractivity contribution in [2.75, 3.05) is 11.9 Å². The molecule has 1 heterocycles. The van der Waals surface area contributed by atoms with E-state index in [1.165, 1.54) is 16.9 Å². The minimum absolute atomic E-state index is 0.0658. The zero-order valence-electron chi connectivity index (χ0n) is 10.2. The van der Waals surface area contributed by atoms with Crippen molar-refractivity contribution in [2.45, 2.75) is 13.3 Å². The Morgan fingerprint density at radius 2 is 2.37 bits per heavy atom. The molecule has 0 atom stereocenters. The van der Waals surface area contributed by atoms with E-state index in [2.05, 4.69) is 38.4 Å². The van der Waals surface area contributed by atoms with Crippen LogP contribution in [0, 0.1) is 0 Å². The summed E-state index contributed by atoms with van der Waals surface area (Å²) >= 11 is 4.68. The Morgan fingerprint density at radius 3 is 3.00 bits per heavy atom. The van der Waals surface area contributed by atoms with Crippen LogP contribution in [0.3, 0.4) is 0 Å². The van der Waals surface area contributed by atoms with Gasteiger partial charge in [0.05, 0.1) is 4.47 Å². The fraction of sp³-hybridized carbons (Fsp3) is 0.250. The van der Waals surface area contributed by atoms with E-state index in [0.29, 0.717) is 10.9 Å². The molecule has 7 heteroatoms. The first-order valence-electron chi connectivity index (χ1n) is 5.66. The first kappa shape index (κ1) is 14.0. The maximum absolute atomic E-state index is 11.6. The number of hydrogen-bond donors (Lipinski definition) is 1. The van der Waals surface area contributed by atoms with Crippen LogP contribution in [0.25, 0.3) is 0 Å². The lowest BCUT2D eigenvalue weighted by molar-refractivity contribution is -0.118. The number of ether oxygens (including phenoxy) is 1. The van der Waals surface area contributed by atoms with Gasteiger partial charge in [-0.2, -0.15) is 0 Å². The average Bonchev–Trinajstić information content (AvgIpc) is 2.90. The molecule has 0 aliphatic carbocycles. The minimum atomic E-state index is -0.261. The van der Waals surface area contributed by atoms with Crippen LogP contribution >= 0.6 is 27.3 Å². The van der Waals surface area contributed by atoms with E-state index in [-0.39, 0.29) is 12.5 Å². The maximum Gasteiger partial charge on any atom is 0.264 e. The fourth-order valence-electron chi connectivity index (χ4n) is 1.41. The van der Waals surface area contributed by atoms with Crippen LogP contribution in [0.5, 0.6) is 5.75 Å². The summed E-state index contributed by atoms with van der Waals surface area (Å²) < 4.78 is 6.29. The van der Waals surface area contributed by atoms with E-state index in [1.807, 2.05) is 18.2 Å². The first-order chi connectivity index (χ1) is 9.19. The highest BCUT2D eigenvalue weighted by Crippen LogP contribution is 2.26. The molecule has 0 bridgehead atoms. The third kappa shape index (κ3) is 4.00. The monoisotopic (exact) mass is 341 g/mol. The van der Waals surface area contributed by atoms with Gasteiger partial charge < -0.3 is 4.74 Å². The summed E-state index contributed by atoms with van der Waals surface area (Å²) in [6, 6.07) is 5.81. The third-order valence-electron chi connectivity index (χ3n) is 2.37. The van der Waals surface area contributed by atoms with Crippen molar-refractivity contribution in [3.8, 4) is 5.75 Å². The molecule has 1 N–H and O–H groups in total. The zero-order chi connectivity index (χ0) is 13.7. The van der Waals surface area contributed by atoms with Crippen molar-refractivity contribution in [3.63, 3.8) is 0 Å². The van der Waals surface area contributed by atoms with E-state index < -0.39 is 0 Å². The van der Waals surface area contributed by atoms with E-state index in [4.69, 9.17) is 4.74 Å². The molecule has 100 valence electrons. The predicted octanol–water partition coefficient (Wildman–Crippen LogP) is 2.88. The van der Waals surface area contributed by atoms with Gasteiger partial charge in [-0.25, -0.2) is 0 Å². The number of aryl methyl sites for hydroxylation is 1. The highest BCUT2D eigenvalue weighted by Gasteiger charge is 2.08.